The first-order valence-corrected chi connectivity index (χ1v) is 8.26. The Morgan fingerprint density at radius 2 is 1.96 bits per heavy atom. The van der Waals surface area contributed by atoms with Crippen LogP contribution in [-0.2, 0) is 26.1 Å². The summed E-state index contributed by atoms with van der Waals surface area (Å²) < 4.78 is 7.61. The second kappa shape index (κ2) is 6.16. The van der Waals surface area contributed by atoms with Gasteiger partial charge in [0.15, 0.2) is 5.82 Å². The summed E-state index contributed by atoms with van der Waals surface area (Å²) in [5.41, 5.74) is 2.16. The zero-order chi connectivity index (χ0) is 16.5. The predicted molar refractivity (Wildman–Crippen MR) is 88.0 cm³/mol. The highest BCUT2D eigenvalue weighted by molar-refractivity contribution is 5.53. The minimum Gasteiger partial charge on any atom is -0.334 e. The van der Waals surface area contributed by atoms with Crippen molar-refractivity contribution in [3.63, 3.8) is 0 Å². The number of nitrogens with zero attached hydrogens (tertiary/aromatic N) is 6. The van der Waals surface area contributed by atoms with Crippen LogP contribution >= 0.6 is 0 Å². The van der Waals surface area contributed by atoms with Crippen molar-refractivity contribution < 1.29 is 4.52 Å². The molecule has 0 unspecified atom stereocenters. The van der Waals surface area contributed by atoms with Gasteiger partial charge < -0.3 is 9.09 Å². The Kier molecular flexibility index (Phi) is 3.86. The molecule has 0 saturated heterocycles. The molecule has 0 saturated carbocycles. The summed E-state index contributed by atoms with van der Waals surface area (Å²) in [6.45, 7) is 7.43. The second-order valence-electron chi connectivity index (χ2n) is 6.13. The maximum atomic E-state index is 5.40. The normalized spacial score (nSPS) is 14.8. The lowest BCUT2D eigenvalue weighted by molar-refractivity contribution is 0.200. The molecule has 2 aromatic heterocycles. The minimum absolute atomic E-state index is 0.568. The zero-order valence-electron chi connectivity index (χ0n) is 13.9. The van der Waals surface area contributed by atoms with Gasteiger partial charge in [-0.1, -0.05) is 29.8 Å². The van der Waals surface area contributed by atoms with Crippen molar-refractivity contribution in [3.8, 4) is 11.5 Å². The molecule has 1 aliphatic heterocycles. The van der Waals surface area contributed by atoms with Crippen LogP contribution in [0.1, 0.15) is 30.0 Å². The topological polar surface area (TPSA) is 72.9 Å². The number of hydrogen-bond donors (Lipinski definition) is 0. The Hall–Kier alpha value is -2.54. The van der Waals surface area contributed by atoms with Crippen molar-refractivity contribution in [2.24, 2.45) is 0 Å². The maximum absolute atomic E-state index is 5.40. The van der Waals surface area contributed by atoms with E-state index in [9.17, 15) is 0 Å². The van der Waals surface area contributed by atoms with Crippen molar-refractivity contribution in [1.82, 2.24) is 29.8 Å². The van der Waals surface area contributed by atoms with Gasteiger partial charge in [0, 0.05) is 25.1 Å². The molecule has 0 N–H and O–H groups in total. The Morgan fingerprint density at radius 3 is 2.75 bits per heavy atom. The first-order chi connectivity index (χ1) is 11.7. The van der Waals surface area contributed by atoms with Gasteiger partial charge in [-0.25, -0.2) is 0 Å². The van der Waals surface area contributed by atoms with Crippen LogP contribution < -0.4 is 0 Å². The summed E-state index contributed by atoms with van der Waals surface area (Å²) in [7, 11) is 0. The molecule has 0 spiro atoms. The molecule has 24 heavy (non-hydrogen) atoms. The highest BCUT2D eigenvalue weighted by atomic mass is 16.5. The van der Waals surface area contributed by atoms with Gasteiger partial charge in [-0.3, -0.25) is 4.90 Å². The first-order valence-electron chi connectivity index (χ1n) is 8.26. The molecular weight excluding hydrogens is 304 g/mol. The number of aryl methyl sites for hydroxylation is 2. The van der Waals surface area contributed by atoms with Crippen LogP contribution in [0.15, 0.2) is 28.8 Å². The van der Waals surface area contributed by atoms with E-state index in [0.717, 1.165) is 43.3 Å². The second-order valence-corrected chi connectivity index (χ2v) is 6.13. The number of hydrogen-bond acceptors (Lipinski definition) is 6. The molecule has 1 aromatic carbocycles. The summed E-state index contributed by atoms with van der Waals surface area (Å²) in [4.78, 5) is 6.79. The third-order valence-corrected chi connectivity index (χ3v) is 4.36. The first kappa shape index (κ1) is 15.0. The third kappa shape index (κ3) is 2.82. The van der Waals surface area contributed by atoms with Gasteiger partial charge in [0.2, 0.25) is 0 Å². The Balaban J connectivity index is 1.46. The summed E-state index contributed by atoms with van der Waals surface area (Å²) in [5.74, 6) is 3.35. The number of fused-ring (bicyclic) bond motifs is 1. The van der Waals surface area contributed by atoms with E-state index in [1.54, 1.807) is 0 Å². The van der Waals surface area contributed by atoms with Crippen LogP contribution in [0.2, 0.25) is 0 Å². The van der Waals surface area contributed by atoms with Gasteiger partial charge >= 0.3 is 0 Å². The van der Waals surface area contributed by atoms with E-state index in [4.69, 9.17) is 4.52 Å². The van der Waals surface area contributed by atoms with E-state index in [0.29, 0.717) is 18.3 Å². The van der Waals surface area contributed by atoms with E-state index in [1.807, 2.05) is 24.3 Å². The van der Waals surface area contributed by atoms with E-state index in [2.05, 4.69) is 43.7 Å². The monoisotopic (exact) mass is 324 g/mol. The molecule has 7 nitrogen and oxygen atoms in total. The van der Waals surface area contributed by atoms with E-state index in [-0.39, 0.29) is 0 Å². The molecule has 1 aliphatic rings. The molecule has 0 bridgehead atoms. The molecule has 4 rings (SSSR count). The molecule has 7 heteroatoms. The van der Waals surface area contributed by atoms with Gasteiger partial charge in [0.25, 0.3) is 5.89 Å². The molecule has 0 atom stereocenters. The van der Waals surface area contributed by atoms with E-state index in [1.165, 1.54) is 5.56 Å². The minimum atomic E-state index is 0.568. The average molecular weight is 324 g/mol. The van der Waals surface area contributed by atoms with Gasteiger partial charge in [0.05, 0.1) is 13.1 Å². The number of rotatable bonds is 4. The highest BCUT2D eigenvalue weighted by Gasteiger charge is 2.22. The number of aromatic nitrogens is 5. The van der Waals surface area contributed by atoms with E-state index >= 15 is 0 Å². The lowest BCUT2D eigenvalue weighted by Crippen LogP contribution is -2.34. The Morgan fingerprint density at radius 1 is 1.12 bits per heavy atom. The SMILES string of the molecule is CCc1nnc2n1CCN(Cc1noc(-c3ccc(C)cc3)n1)C2. The van der Waals surface area contributed by atoms with Crippen LogP contribution in [0.25, 0.3) is 11.5 Å². The van der Waals surface area contributed by atoms with Crippen molar-refractivity contribution >= 4 is 0 Å². The fourth-order valence-electron chi connectivity index (χ4n) is 3.00. The van der Waals surface area contributed by atoms with Crippen LogP contribution in [0.5, 0.6) is 0 Å². The molecule has 3 heterocycles. The van der Waals surface area contributed by atoms with Crippen LogP contribution in [0, 0.1) is 6.92 Å². The molecule has 0 aliphatic carbocycles. The maximum Gasteiger partial charge on any atom is 0.257 e. The zero-order valence-corrected chi connectivity index (χ0v) is 13.9. The molecule has 0 amide bonds. The van der Waals surface area contributed by atoms with Gasteiger partial charge in [-0.15, -0.1) is 10.2 Å². The molecule has 3 aromatic rings. The fourth-order valence-corrected chi connectivity index (χ4v) is 3.00. The van der Waals surface area contributed by atoms with Gasteiger partial charge in [-0.05, 0) is 19.1 Å². The highest BCUT2D eigenvalue weighted by Crippen LogP contribution is 2.19. The van der Waals surface area contributed by atoms with Crippen LogP contribution in [0.4, 0.5) is 0 Å². The van der Waals surface area contributed by atoms with Crippen LogP contribution in [-0.4, -0.2) is 36.3 Å². The van der Waals surface area contributed by atoms with Crippen LogP contribution in [0.3, 0.4) is 0 Å². The molecular formula is C17H20N6O. The van der Waals surface area contributed by atoms with Crippen molar-refractivity contribution in [2.75, 3.05) is 6.54 Å². The standard InChI is InChI=1S/C17H20N6O/c1-3-15-19-20-16-11-22(8-9-23(15)16)10-14-18-17(24-21-14)13-6-4-12(2)5-7-13/h4-7H,3,8-11H2,1-2H3. The van der Waals surface area contributed by atoms with Gasteiger partial charge in [-0.2, -0.15) is 4.98 Å². The third-order valence-electron chi connectivity index (χ3n) is 4.36. The molecule has 124 valence electrons. The smallest absolute Gasteiger partial charge is 0.257 e. The summed E-state index contributed by atoms with van der Waals surface area (Å²) in [6.07, 6.45) is 0.914. The van der Waals surface area contributed by atoms with Crippen molar-refractivity contribution in [1.29, 1.82) is 0 Å². The summed E-state index contributed by atoms with van der Waals surface area (Å²) >= 11 is 0. The lowest BCUT2D eigenvalue weighted by Gasteiger charge is -2.26. The number of benzene rings is 1. The lowest BCUT2D eigenvalue weighted by atomic mass is 10.1. The molecule has 0 radical (unpaired) electrons. The Labute approximate surface area is 140 Å². The molecule has 0 fully saturated rings. The summed E-state index contributed by atoms with van der Waals surface area (Å²) in [6, 6.07) is 8.09. The Bertz CT molecular complexity index is 835. The summed E-state index contributed by atoms with van der Waals surface area (Å²) in [5, 5.41) is 12.6. The average Bonchev–Trinajstić information content (AvgIpc) is 3.22. The van der Waals surface area contributed by atoms with Gasteiger partial charge in [0.1, 0.15) is 11.6 Å². The van der Waals surface area contributed by atoms with E-state index < -0.39 is 0 Å². The van der Waals surface area contributed by atoms with Crippen molar-refractivity contribution in [2.45, 2.75) is 39.9 Å². The fraction of sp³-hybridized carbons (Fsp3) is 0.412. The quantitative estimate of drug-likeness (QED) is 0.732. The largest absolute Gasteiger partial charge is 0.334 e. The predicted octanol–water partition coefficient (Wildman–Crippen LogP) is 2.21. The van der Waals surface area contributed by atoms with Crippen molar-refractivity contribution in [3.05, 3.63) is 47.3 Å².